The zero-order chi connectivity index (χ0) is 36.3. The van der Waals surface area contributed by atoms with Gasteiger partial charge in [0.2, 0.25) is 0 Å². The first kappa shape index (κ1) is 32.0. The predicted molar refractivity (Wildman–Crippen MR) is 241 cm³/mol. The third-order valence-electron chi connectivity index (χ3n) is 10.9. The third-order valence-corrected chi connectivity index (χ3v) is 13.2. The highest BCUT2D eigenvalue weighted by molar-refractivity contribution is 7.26. The topological polar surface area (TPSA) is 3.24 Å². The van der Waals surface area contributed by atoms with Crippen molar-refractivity contribution in [1.82, 2.24) is 0 Å². The molecule has 0 radical (unpaired) electrons. The Morgan fingerprint density at radius 1 is 0.327 bits per heavy atom. The number of rotatable bonds is 6. The minimum absolute atomic E-state index is 1.12. The summed E-state index contributed by atoms with van der Waals surface area (Å²) in [6, 6.07) is 73.4. The molecule has 0 unspecified atom stereocenters. The van der Waals surface area contributed by atoms with Gasteiger partial charge in [0.25, 0.3) is 0 Å². The molecular weight excluding hydrogens is 703 g/mol. The number of nitrogens with zero attached hydrogens (tertiary/aromatic N) is 1. The van der Waals surface area contributed by atoms with Gasteiger partial charge in [-0.05, 0) is 98.8 Å². The molecule has 0 amide bonds. The predicted octanol–water partition coefficient (Wildman–Crippen LogP) is 16.0. The normalized spacial score (nSPS) is 11.6. The van der Waals surface area contributed by atoms with Crippen LogP contribution in [-0.4, -0.2) is 0 Å². The van der Waals surface area contributed by atoms with Gasteiger partial charge < -0.3 is 4.90 Å². The summed E-state index contributed by atoms with van der Waals surface area (Å²) in [5, 5.41) is 7.77. The number of thiophene rings is 2. The maximum Gasteiger partial charge on any atom is 0.0640 e. The van der Waals surface area contributed by atoms with Crippen LogP contribution in [0.2, 0.25) is 0 Å². The lowest BCUT2D eigenvalue weighted by Crippen LogP contribution is -2.10. The molecule has 258 valence electrons. The first-order valence-corrected chi connectivity index (χ1v) is 20.3. The van der Waals surface area contributed by atoms with E-state index in [2.05, 4.69) is 205 Å². The number of benzene rings is 9. The molecule has 0 spiro atoms. The molecule has 11 aromatic rings. The quantitative estimate of drug-likeness (QED) is 0.164. The van der Waals surface area contributed by atoms with E-state index in [0.717, 1.165) is 11.4 Å². The summed E-state index contributed by atoms with van der Waals surface area (Å²) in [5.74, 6) is 0. The molecule has 0 N–H and O–H groups in total. The van der Waals surface area contributed by atoms with Gasteiger partial charge in [0, 0.05) is 47.0 Å². The molecule has 0 fully saturated rings. The van der Waals surface area contributed by atoms with Crippen LogP contribution in [0.3, 0.4) is 0 Å². The van der Waals surface area contributed by atoms with Crippen LogP contribution in [0.5, 0.6) is 0 Å². The van der Waals surface area contributed by atoms with Gasteiger partial charge in [0.15, 0.2) is 0 Å². The molecule has 11 rings (SSSR count). The zero-order valence-electron chi connectivity index (χ0n) is 29.8. The van der Waals surface area contributed by atoms with Crippen molar-refractivity contribution in [2.75, 3.05) is 4.90 Å². The van der Waals surface area contributed by atoms with Crippen LogP contribution in [0.25, 0.3) is 84.5 Å². The number of hydrogen-bond donors (Lipinski definition) is 0. The van der Waals surface area contributed by atoms with Gasteiger partial charge in [-0.2, -0.15) is 0 Å². The fourth-order valence-corrected chi connectivity index (χ4v) is 10.6. The van der Waals surface area contributed by atoms with E-state index in [9.17, 15) is 0 Å². The average molecular weight is 736 g/mol. The monoisotopic (exact) mass is 735 g/mol. The maximum absolute atomic E-state index is 2.44. The largest absolute Gasteiger partial charge is 0.309 e. The van der Waals surface area contributed by atoms with E-state index < -0.39 is 0 Å². The minimum Gasteiger partial charge on any atom is -0.309 e. The van der Waals surface area contributed by atoms with Crippen LogP contribution in [-0.2, 0) is 0 Å². The van der Waals surface area contributed by atoms with Crippen molar-refractivity contribution in [3.63, 3.8) is 0 Å². The van der Waals surface area contributed by atoms with Crippen LogP contribution in [0, 0.1) is 0 Å². The second-order valence-electron chi connectivity index (χ2n) is 14.1. The summed E-state index contributed by atoms with van der Waals surface area (Å²) in [5.41, 5.74) is 10.8. The summed E-state index contributed by atoms with van der Waals surface area (Å²) >= 11 is 3.74. The van der Waals surface area contributed by atoms with Crippen molar-refractivity contribution >= 4 is 90.9 Å². The zero-order valence-corrected chi connectivity index (χ0v) is 31.4. The van der Waals surface area contributed by atoms with Gasteiger partial charge in [-0.1, -0.05) is 146 Å². The van der Waals surface area contributed by atoms with Gasteiger partial charge in [0.1, 0.15) is 0 Å². The standard InChI is InChI=1S/C52H33NS2/c1-2-18-41-34(12-1)13-9-21-42(41)38-16-7-14-36(32-38)37-15-8-17-40(33-37)53(47-24-10-23-45-44-19-3-5-25-48(44)55-52(45)47)39-30-28-35(29-31-39)43-22-11-27-50-51(43)46-20-4-6-26-49(46)54-50/h1-33H. The van der Waals surface area contributed by atoms with E-state index in [4.69, 9.17) is 0 Å². The Balaban J connectivity index is 1.06. The Labute approximate surface area is 327 Å². The summed E-state index contributed by atoms with van der Waals surface area (Å²) in [4.78, 5) is 2.44. The molecule has 0 atom stereocenters. The molecule has 2 heterocycles. The van der Waals surface area contributed by atoms with Gasteiger partial charge in [0.05, 0.1) is 10.4 Å². The smallest absolute Gasteiger partial charge is 0.0640 e. The molecule has 9 aromatic carbocycles. The Morgan fingerprint density at radius 3 is 1.80 bits per heavy atom. The van der Waals surface area contributed by atoms with E-state index >= 15 is 0 Å². The molecule has 0 saturated carbocycles. The lowest BCUT2D eigenvalue weighted by molar-refractivity contribution is 1.30. The van der Waals surface area contributed by atoms with E-state index in [1.165, 1.54) is 90.2 Å². The summed E-state index contributed by atoms with van der Waals surface area (Å²) in [6.45, 7) is 0. The Morgan fingerprint density at radius 2 is 0.927 bits per heavy atom. The molecule has 0 aliphatic heterocycles. The molecule has 0 aliphatic carbocycles. The molecular formula is C52H33NS2. The minimum atomic E-state index is 1.12. The SMILES string of the molecule is c1cc(-c2cccc(N(c3ccc(-c4cccc5sc6ccccc6c45)cc3)c3cccc4c3sc3ccccc34)c2)cc(-c2cccc3ccccc23)c1. The molecule has 2 aromatic heterocycles. The summed E-state index contributed by atoms with van der Waals surface area (Å²) < 4.78 is 5.23. The van der Waals surface area contributed by atoms with Crippen LogP contribution in [0.15, 0.2) is 200 Å². The van der Waals surface area contributed by atoms with Gasteiger partial charge in [-0.25, -0.2) is 0 Å². The highest BCUT2D eigenvalue weighted by atomic mass is 32.1. The molecule has 1 nitrogen and oxygen atoms in total. The first-order valence-electron chi connectivity index (χ1n) is 18.7. The Kier molecular flexibility index (Phi) is 7.61. The van der Waals surface area contributed by atoms with Crippen molar-refractivity contribution in [3.8, 4) is 33.4 Å². The second-order valence-corrected chi connectivity index (χ2v) is 16.2. The van der Waals surface area contributed by atoms with E-state index in [0.29, 0.717) is 0 Å². The van der Waals surface area contributed by atoms with Crippen LogP contribution >= 0.6 is 22.7 Å². The maximum atomic E-state index is 2.44. The van der Waals surface area contributed by atoms with Crippen molar-refractivity contribution in [3.05, 3.63) is 200 Å². The fraction of sp³-hybridized carbons (Fsp3) is 0. The third kappa shape index (κ3) is 5.43. The Hall–Kier alpha value is -6.52. The van der Waals surface area contributed by atoms with Crippen molar-refractivity contribution in [2.24, 2.45) is 0 Å². The lowest BCUT2D eigenvalue weighted by Gasteiger charge is -2.27. The lowest BCUT2D eigenvalue weighted by atomic mass is 9.95. The summed E-state index contributed by atoms with van der Waals surface area (Å²) in [7, 11) is 0. The van der Waals surface area contributed by atoms with Crippen LogP contribution < -0.4 is 4.90 Å². The molecule has 55 heavy (non-hydrogen) atoms. The van der Waals surface area contributed by atoms with E-state index in [1.807, 2.05) is 22.7 Å². The Bertz CT molecular complexity index is 3220. The average Bonchev–Trinajstić information content (AvgIpc) is 3.83. The van der Waals surface area contributed by atoms with Gasteiger partial charge in [-0.15, -0.1) is 22.7 Å². The second kappa shape index (κ2) is 13.1. The van der Waals surface area contributed by atoms with E-state index in [-0.39, 0.29) is 0 Å². The number of hydrogen-bond acceptors (Lipinski definition) is 3. The highest BCUT2D eigenvalue weighted by Gasteiger charge is 2.19. The van der Waals surface area contributed by atoms with E-state index in [1.54, 1.807) is 0 Å². The van der Waals surface area contributed by atoms with Crippen molar-refractivity contribution in [2.45, 2.75) is 0 Å². The van der Waals surface area contributed by atoms with Crippen LogP contribution in [0.4, 0.5) is 17.1 Å². The van der Waals surface area contributed by atoms with Crippen molar-refractivity contribution in [1.29, 1.82) is 0 Å². The summed E-state index contributed by atoms with van der Waals surface area (Å²) in [6.07, 6.45) is 0. The molecule has 3 heteroatoms. The highest BCUT2D eigenvalue weighted by Crippen LogP contribution is 2.46. The number of fused-ring (bicyclic) bond motifs is 7. The molecule has 0 saturated heterocycles. The molecule has 0 aliphatic rings. The fourth-order valence-electron chi connectivity index (χ4n) is 8.31. The van der Waals surface area contributed by atoms with Gasteiger partial charge in [-0.3, -0.25) is 0 Å². The molecule has 0 bridgehead atoms. The number of anilines is 3. The van der Waals surface area contributed by atoms with Crippen LogP contribution in [0.1, 0.15) is 0 Å². The van der Waals surface area contributed by atoms with Gasteiger partial charge >= 0.3 is 0 Å². The van der Waals surface area contributed by atoms with Crippen molar-refractivity contribution < 1.29 is 0 Å². The first-order chi connectivity index (χ1) is 27.3.